The van der Waals surface area contributed by atoms with Gasteiger partial charge in [0.2, 0.25) is 0 Å². The maximum absolute atomic E-state index is 6.00. The van der Waals surface area contributed by atoms with Crippen LogP contribution in [0.3, 0.4) is 0 Å². The monoisotopic (exact) mass is 310 g/mol. The fourth-order valence-corrected chi connectivity index (χ4v) is 4.41. The molecular weight excluding hydrogens is 280 g/mol. The highest BCUT2D eigenvalue weighted by Gasteiger charge is 2.42. The van der Waals surface area contributed by atoms with Gasteiger partial charge in [0.25, 0.3) is 0 Å². The van der Waals surface area contributed by atoms with Gasteiger partial charge >= 0.3 is 0 Å². The van der Waals surface area contributed by atoms with Crippen molar-refractivity contribution in [3.63, 3.8) is 0 Å². The highest BCUT2D eigenvalue weighted by atomic mass is 32.1. The molecule has 0 spiro atoms. The average molecular weight is 311 g/mol. The Hall–Kier alpha value is -0.450. The SMILES string of the molecule is CCc1nc(C2(NC(C)C)CCOC(C(C)C)C2)sc1C. The lowest BCUT2D eigenvalue weighted by atomic mass is 9.83. The van der Waals surface area contributed by atoms with Gasteiger partial charge in [-0.3, -0.25) is 0 Å². The summed E-state index contributed by atoms with van der Waals surface area (Å²) in [5.74, 6) is 0.547. The summed E-state index contributed by atoms with van der Waals surface area (Å²) in [5.41, 5.74) is 1.25. The van der Waals surface area contributed by atoms with Crippen LogP contribution in [0, 0.1) is 12.8 Å². The Labute approximate surface area is 133 Å². The molecule has 1 saturated heterocycles. The fourth-order valence-electron chi connectivity index (χ4n) is 3.22. The zero-order valence-electron chi connectivity index (χ0n) is 14.3. The summed E-state index contributed by atoms with van der Waals surface area (Å²) in [4.78, 5) is 6.34. The molecule has 1 aromatic rings. The van der Waals surface area contributed by atoms with Crippen LogP contribution in [0.25, 0.3) is 0 Å². The molecule has 0 bridgehead atoms. The van der Waals surface area contributed by atoms with Crippen molar-refractivity contribution in [3.05, 3.63) is 15.6 Å². The summed E-state index contributed by atoms with van der Waals surface area (Å²) in [7, 11) is 0. The lowest BCUT2D eigenvalue weighted by Crippen LogP contribution is -2.52. The Balaban J connectivity index is 2.36. The lowest BCUT2D eigenvalue weighted by Gasteiger charge is -2.43. The number of hydrogen-bond donors (Lipinski definition) is 1. The number of nitrogens with one attached hydrogen (secondary N) is 1. The third-order valence-electron chi connectivity index (χ3n) is 4.36. The van der Waals surface area contributed by atoms with Gasteiger partial charge in [0, 0.05) is 17.5 Å². The number of aryl methyl sites for hydroxylation is 2. The topological polar surface area (TPSA) is 34.2 Å². The summed E-state index contributed by atoms with van der Waals surface area (Å²) in [6, 6.07) is 0.449. The largest absolute Gasteiger partial charge is 0.378 e. The quantitative estimate of drug-likeness (QED) is 0.891. The van der Waals surface area contributed by atoms with Crippen LogP contribution >= 0.6 is 11.3 Å². The highest BCUT2D eigenvalue weighted by Crippen LogP contribution is 2.40. The molecule has 1 aromatic heterocycles. The average Bonchev–Trinajstić information content (AvgIpc) is 2.80. The molecule has 3 nitrogen and oxygen atoms in total. The van der Waals surface area contributed by atoms with E-state index in [1.807, 2.05) is 11.3 Å². The maximum atomic E-state index is 6.00. The van der Waals surface area contributed by atoms with Crippen molar-refractivity contribution >= 4 is 11.3 Å². The molecule has 1 aliphatic rings. The molecule has 0 saturated carbocycles. The van der Waals surface area contributed by atoms with Crippen LogP contribution in [-0.2, 0) is 16.7 Å². The number of hydrogen-bond acceptors (Lipinski definition) is 4. The first kappa shape index (κ1) is 16.9. The van der Waals surface area contributed by atoms with E-state index in [1.165, 1.54) is 15.6 Å². The molecule has 0 aliphatic carbocycles. The zero-order valence-corrected chi connectivity index (χ0v) is 15.1. The minimum absolute atomic E-state index is 0.00972. The van der Waals surface area contributed by atoms with E-state index in [1.54, 1.807) is 0 Å². The fraction of sp³-hybridized carbons (Fsp3) is 0.824. The van der Waals surface area contributed by atoms with Crippen molar-refractivity contribution in [1.82, 2.24) is 10.3 Å². The lowest BCUT2D eigenvalue weighted by molar-refractivity contribution is -0.0554. The van der Waals surface area contributed by atoms with E-state index in [-0.39, 0.29) is 5.54 Å². The van der Waals surface area contributed by atoms with Crippen molar-refractivity contribution < 1.29 is 4.74 Å². The first-order chi connectivity index (χ1) is 9.88. The maximum Gasteiger partial charge on any atom is 0.113 e. The second kappa shape index (κ2) is 6.76. The second-order valence-corrected chi connectivity index (χ2v) is 8.07. The van der Waals surface area contributed by atoms with Crippen LogP contribution in [0.4, 0.5) is 0 Å². The highest BCUT2D eigenvalue weighted by molar-refractivity contribution is 7.11. The summed E-state index contributed by atoms with van der Waals surface area (Å²) < 4.78 is 6.00. The van der Waals surface area contributed by atoms with Gasteiger partial charge < -0.3 is 10.1 Å². The van der Waals surface area contributed by atoms with Gasteiger partial charge in [-0.05, 0) is 46.0 Å². The van der Waals surface area contributed by atoms with Crippen molar-refractivity contribution in [2.75, 3.05) is 6.61 Å². The van der Waals surface area contributed by atoms with Crippen molar-refractivity contribution in [2.24, 2.45) is 5.92 Å². The zero-order chi connectivity index (χ0) is 15.6. The molecule has 2 rings (SSSR count). The Morgan fingerprint density at radius 2 is 2.10 bits per heavy atom. The third-order valence-corrected chi connectivity index (χ3v) is 5.57. The van der Waals surface area contributed by atoms with Gasteiger partial charge in [-0.25, -0.2) is 4.98 Å². The van der Waals surface area contributed by atoms with Crippen LogP contribution in [0.15, 0.2) is 0 Å². The van der Waals surface area contributed by atoms with Gasteiger partial charge in [-0.1, -0.05) is 20.8 Å². The van der Waals surface area contributed by atoms with E-state index in [9.17, 15) is 0 Å². The second-order valence-electron chi connectivity index (χ2n) is 6.86. The Bertz CT molecular complexity index is 469. The normalized spacial score (nSPS) is 26.8. The van der Waals surface area contributed by atoms with Crippen LogP contribution < -0.4 is 5.32 Å². The summed E-state index contributed by atoms with van der Waals surface area (Å²) in [5, 5.41) is 5.09. The molecular formula is C17H30N2OS. The molecule has 2 heterocycles. The van der Waals surface area contributed by atoms with E-state index < -0.39 is 0 Å². The minimum atomic E-state index is -0.00972. The van der Waals surface area contributed by atoms with Gasteiger partial charge in [0.15, 0.2) is 0 Å². The standard InChI is InChI=1S/C17H30N2OS/c1-7-14-13(6)21-16(18-14)17(19-12(4)5)8-9-20-15(10-17)11(2)3/h11-12,15,19H,7-10H2,1-6H3. The molecule has 120 valence electrons. The number of ether oxygens (including phenoxy) is 1. The number of rotatable bonds is 5. The number of nitrogens with zero attached hydrogens (tertiary/aromatic N) is 1. The molecule has 1 N–H and O–H groups in total. The van der Waals surface area contributed by atoms with Gasteiger partial charge in [0.1, 0.15) is 5.01 Å². The van der Waals surface area contributed by atoms with Crippen molar-refractivity contribution in [1.29, 1.82) is 0 Å². The van der Waals surface area contributed by atoms with E-state index in [2.05, 4.69) is 46.9 Å². The Morgan fingerprint density at radius 3 is 2.62 bits per heavy atom. The van der Waals surface area contributed by atoms with E-state index in [0.717, 1.165) is 25.9 Å². The van der Waals surface area contributed by atoms with Crippen LogP contribution in [-0.4, -0.2) is 23.7 Å². The van der Waals surface area contributed by atoms with Crippen LogP contribution in [0.5, 0.6) is 0 Å². The van der Waals surface area contributed by atoms with Gasteiger partial charge in [-0.15, -0.1) is 11.3 Å². The first-order valence-electron chi connectivity index (χ1n) is 8.24. The van der Waals surface area contributed by atoms with E-state index in [4.69, 9.17) is 9.72 Å². The molecule has 2 atom stereocenters. The molecule has 0 radical (unpaired) electrons. The summed E-state index contributed by atoms with van der Waals surface area (Å²) >= 11 is 1.87. The number of thiazole rings is 1. The predicted molar refractivity (Wildman–Crippen MR) is 90.0 cm³/mol. The molecule has 0 amide bonds. The van der Waals surface area contributed by atoms with E-state index >= 15 is 0 Å². The predicted octanol–water partition coefficient (Wildman–Crippen LogP) is 4.04. The molecule has 1 fully saturated rings. The Morgan fingerprint density at radius 1 is 1.38 bits per heavy atom. The third kappa shape index (κ3) is 3.66. The molecule has 0 aromatic carbocycles. The first-order valence-corrected chi connectivity index (χ1v) is 9.05. The Kier molecular flexibility index (Phi) is 5.44. The van der Waals surface area contributed by atoms with Gasteiger partial charge in [0.05, 0.1) is 17.3 Å². The van der Waals surface area contributed by atoms with Crippen molar-refractivity contribution in [2.45, 2.75) is 78.5 Å². The smallest absolute Gasteiger partial charge is 0.113 e. The molecule has 21 heavy (non-hydrogen) atoms. The summed E-state index contributed by atoms with van der Waals surface area (Å²) in [6.45, 7) is 14.2. The molecule has 1 aliphatic heterocycles. The molecule has 4 heteroatoms. The van der Waals surface area contributed by atoms with E-state index in [0.29, 0.717) is 18.1 Å². The van der Waals surface area contributed by atoms with Gasteiger partial charge in [-0.2, -0.15) is 0 Å². The van der Waals surface area contributed by atoms with Crippen LogP contribution in [0.1, 0.15) is 63.0 Å². The minimum Gasteiger partial charge on any atom is -0.378 e. The summed E-state index contributed by atoms with van der Waals surface area (Å²) in [6.07, 6.45) is 3.38. The number of aromatic nitrogens is 1. The molecule has 2 unspecified atom stereocenters. The van der Waals surface area contributed by atoms with Crippen molar-refractivity contribution in [3.8, 4) is 0 Å². The van der Waals surface area contributed by atoms with Crippen LogP contribution in [0.2, 0.25) is 0 Å².